The number of rotatable bonds is 5. The molecule has 0 aromatic rings. The number of nitrogens with one attached hydrogen (secondary N) is 2. The lowest BCUT2D eigenvalue weighted by molar-refractivity contribution is -0.119. The number of hydrogen-bond donors (Lipinski definition) is 2. The molecule has 3 nitrogen and oxygen atoms in total. The highest BCUT2D eigenvalue weighted by atomic mass is 16.1. The van der Waals surface area contributed by atoms with Gasteiger partial charge in [-0.05, 0) is 12.5 Å². The van der Waals surface area contributed by atoms with Gasteiger partial charge in [-0.15, -0.1) is 0 Å². The Morgan fingerprint density at radius 2 is 1.83 bits per heavy atom. The molecular weight excluding hydrogens is 152 g/mol. The quantitative estimate of drug-likeness (QED) is 0.642. The van der Waals surface area contributed by atoms with E-state index in [9.17, 15) is 4.79 Å². The summed E-state index contributed by atoms with van der Waals surface area (Å²) in [7, 11) is 0. The molecule has 0 saturated carbocycles. The van der Waals surface area contributed by atoms with Crippen LogP contribution in [-0.4, -0.2) is 25.0 Å². The fourth-order valence-electron chi connectivity index (χ4n) is 0.827. The van der Waals surface area contributed by atoms with Gasteiger partial charge in [0.2, 0.25) is 5.91 Å². The lowest BCUT2D eigenvalue weighted by atomic mass is 10.1. The summed E-state index contributed by atoms with van der Waals surface area (Å²) in [6.07, 6.45) is 0. The first-order valence-corrected chi connectivity index (χ1v) is 4.50. The summed E-state index contributed by atoms with van der Waals surface area (Å²) in [4.78, 5) is 10.6. The van der Waals surface area contributed by atoms with Gasteiger partial charge < -0.3 is 10.6 Å². The topological polar surface area (TPSA) is 41.1 Å². The van der Waals surface area contributed by atoms with Gasteiger partial charge in [0.1, 0.15) is 0 Å². The molecule has 12 heavy (non-hydrogen) atoms. The normalized spacial score (nSPS) is 13.1. The fraction of sp³-hybridized carbons (Fsp3) is 0.889. The molecule has 0 bridgehead atoms. The zero-order valence-corrected chi connectivity index (χ0v) is 8.48. The van der Waals surface area contributed by atoms with Crippen molar-refractivity contribution >= 4 is 5.91 Å². The van der Waals surface area contributed by atoms with Crippen LogP contribution in [0.4, 0.5) is 0 Å². The summed E-state index contributed by atoms with van der Waals surface area (Å²) in [6, 6.07) is 0.518. The van der Waals surface area contributed by atoms with E-state index in [1.54, 1.807) is 6.92 Å². The summed E-state index contributed by atoms with van der Waals surface area (Å²) in [5.41, 5.74) is 0. The van der Waals surface area contributed by atoms with Crippen molar-refractivity contribution in [2.45, 2.75) is 33.7 Å². The Labute approximate surface area is 74.9 Å². The number of carbonyl (C=O) groups is 1. The van der Waals surface area contributed by atoms with Gasteiger partial charge in [-0.1, -0.05) is 20.8 Å². The Hall–Kier alpha value is -0.570. The van der Waals surface area contributed by atoms with Crippen molar-refractivity contribution in [3.05, 3.63) is 0 Å². The van der Waals surface area contributed by atoms with Gasteiger partial charge in [0.25, 0.3) is 0 Å². The zero-order chi connectivity index (χ0) is 9.56. The van der Waals surface area contributed by atoms with E-state index >= 15 is 0 Å². The molecule has 1 atom stereocenters. The molecule has 0 saturated heterocycles. The first-order chi connectivity index (χ1) is 5.52. The minimum Gasteiger partial charge on any atom is -0.356 e. The minimum absolute atomic E-state index is 0.0476. The lowest BCUT2D eigenvalue weighted by Gasteiger charge is -2.14. The molecule has 0 aliphatic heterocycles. The fourth-order valence-corrected chi connectivity index (χ4v) is 0.827. The number of hydrogen-bond acceptors (Lipinski definition) is 2. The second-order valence-corrected chi connectivity index (χ2v) is 3.61. The molecule has 0 radical (unpaired) electrons. The van der Waals surface area contributed by atoms with Gasteiger partial charge in [0, 0.05) is 19.5 Å². The van der Waals surface area contributed by atoms with Gasteiger partial charge in [0.15, 0.2) is 0 Å². The Morgan fingerprint density at radius 1 is 1.25 bits per heavy atom. The van der Waals surface area contributed by atoms with E-state index in [1.807, 2.05) is 0 Å². The van der Waals surface area contributed by atoms with Gasteiger partial charge in [0.05, 0.1) is 0 Å². The third-order valence-electron chi connectivity index (χ3n) is 1.57. The second kappa shape index (κ2) is 6.00. The van der Waals surface area contributed by atoms with Gasteiger partial charge >= 0.3 is 0 Å². The molecule has 0 fully saturated rings. The van der Waals surface area contributed by atoms with Gasteiger partial charge in [-0.25, -0.2) is 0 Å². The average Bonchev–Trinajstić information content (AvgIpc) is 1.96. The van der Waals surface area contributed by atoms with Crippen LogP contribution in [0.25, 0.3) is 0 Å². The van der Waals surface area contributed by atoms with Crippen molar-refractivity contribution < 1.29 is 4.79 Å². The molecule has 1 amide bonds. The Kier molecular flexibility index (Phi) is 5.72. The van der Waals surface area contributed by atoms with Crippen LogP contribution in [0.15, 0.2) is 0 Å². The van der Waals surface area contributed by atoms with Crippen LogP contribution < -0.4 is 10.6 Å². The van der Waals surface area contributed by atoms with Crippen LogP contribution in [-0.2, 0) is 4.79 Å². The van der Waals surface area contributed by atoms with E-state index in [0.29, 0.717) is 12.0 Å². The maximum atomic E-state index is 10.6. The summed E-state index contributed by atoms with van der Waals surface area (Å²) in [5.74, 6) is 0.544. The van der Waals surface area contributed by atoms with E-state index in [1.165, 1.54) is 0 Å². The molecular formula is C9H20N2O. The Bertz CT molecular complexity index is 134. The summed E-state index contributed by atoms with van der Waals surface area (Å²) < 4.78 is 0. The van der Waals surface area contributed by atoms with Crippen molar-refractivity contribution in [3.63, 3.8) is 0 Å². The first-order valence-electron chi connectivity index (χ1n) is 4.50. The summed E-state index contributed by atoms with van der Waals surface area (Å²) >= 11 is 0. The van der Waals surface area contributed by atoms with E-state index in [0.717, 1.165) is 13.1 Å². The molecule has 0 rings (SSSR count). The SMILES string of the molecule is CC(=O)NCC(C)CNC(C)C. The average molecular weight is 172 g/mol. The largest absolute Gasteiger partial charge is 0.356 e. The Balaban J connectivity index is 3.33. The molecule has 0 heterocycles. The predicted molar refractivity (Wildman–Crippen MR) is 51.0 cm³/mol. The maximum absolute atomic E-state index is 10.6. The van der Waals surface area contributed by atoms with Crippen molar-refractivity contribution in [3.8, 4) is 0 Å². The molecule has 0 spiro atoms. The van der Waals surface area contributed by atoms with E-state index in [4.69, 9.17) is 0 Å². The molecule has 3 heteroatoms. The predicted octanol–water partition coefficient (Wildman–Crippen LogP) is 0.757. The lowest BCUT2D eigenvalue weighted by Crippen LogP contribution is -2.34. The third kappa shape index (κ3) is 7.54. The minimum atomic E-state index is 0.0476. The standard InChI is InChI=1S/C9H20N2O/c1-7(2)10-5-8(3)6-11-9(4)12/h7-8,10H,5-6H2,1-4H3,(H,11,12). The number of amides is 1. The first kappa shape index (κ1) is 11.4. The highest BCUT2D eigenvalue weighted by molar-refractivity contribution is 5.72. The summed E-state index contributed by atoms with van der Waals surface area (Å²) in [6.45, 7) is 9.61. The molecule has 0 aromatic heterocycles. The Morgan fingerprint density at radius 3 is 2.25 bits per heavy atom. The van der Waals surface area contributed by atoms with E-state index in [-0.39, 0.29) is 5.91 Å². The highest BCUT2D eigenvalue weighted by Crippen LogP contribution is 1.90. The second-order valence-electron chi connectivity index (χ2n) is 3.61. The van der Waals surface area contributed by atoms with Crippen molar-refractivity contribution in [2.75, 3.05) is 13.1 Å². The molecule has 1 unspecified atom stereocenters. The van der Waals surface area contributed by atoms with E-state index in [2.05, 4.69) is 31.4 Å². The van der Waals surface area contributed by atoms with Crippen LogP contribution in [0.1, 0.15) is 27.7 Å². The smallest absolute Gasteiger partial charge is 0.216 e. The maximum Gasteiger partial charge on any atom is 0.216 e. The van der Waals surface area contributed by atoms with Crippen molar-refractivity contribution in [2.24, 2.45) is 5.92 Å². The third-order valence-corrected chi connectivity index (χ3v) is 1.57. The van der Waals surface area contributed by atoms with Crippen LogP contribution in [0.3, 0.4) is 0 Å². The van der Waals surface area contributed by atoms with Crippen LogP contribution in [0.2, 0.25) is 0 Å². The molecule has 0 aliphatic rings. The molecule has 0 aromatic carbocycles. The van der Waals surface area contributed by atoms with Crippen LogP contribution in [0, 0.1) is 5.92 Å². The monoisotopic (exact) mass is 172 g/mol. The van der Waals surface area contributed by atoms with Gasteiger partial charge in [-0.2, -0.15) is 0 Å². The molecule has 2 N–H and O–H groups in total. The highest BCUT2D eigenvalue weighted by Gasteiger charge is 2.02. The van der Waals surface area contributed by atoms with E-state index < -0.39 is 0 Å². The molecule has 72 valence electrons. The summed E-state index contributed by atoms with van der Waals surface area (Å²) in [5, 5.41) is 6.11. The van der Waals surface area contributed by atoms with Crippen LogP contribution in [0.5, 0.6) is 0 Å². The van der Waals surface area contributed by atoms with Crippen molar-refractivity contribution in [1.82, 2.24) is 10.6 Å². The molecule has 0 aliphatic carbocycles. The number of carbonyl (C=O) groups excluding carboxylic acids is 1. The van der Waals surface area contributed by atoms with Gasteiger partial charge in [-0.3, -0.25) is 4.79 Å². The van der Waals surface area contributed by atoms with Crippen molar-refractivity contribution in [1.29, 1.82) is 0 Å². The van der Waals surface area contributed by atoms with Crippen LogP contribution >= 0.6 is 0 Å². The zero-order valence-electron chi connectivity index (χ0n) is 8.48.